The van der Waals surface area contributed by atoms with Crippen molar-refractivity contribution in [2.24, 2.45) is 44.4 Å². The molecule has 0 aromatic heterocycles. The number of amides is 1. The van der Waals surface area contributed by atoms with E-state index < -0.39 is 0 Å². The maximum atomic E-state index is 11.8. The van der Waals surface area contributed by atoms with Crippen molar-refractivity contribution in [2.45, 2.75) is 78.6 Å². The number of fused-ring (bicyclic) bond motifs is 3. The van der Waals surface area contributed by atoms with Crippen molar-refractivity contribution in [3.63, 3.8) is 0 Å². The molecule has 0 heterocycles. The van der Waals surface area contributed by atoms with E-state index in [-0.39, 0.29) is 11.3 Å². The van der Waals surface area contributed by atoms with E-state index in [1.807, 2.05) is 0 Å². The van der Waals surface area contributed by atoms with Gasteiger partial charge in [-0.05, 0) is 96.7 Å². The Kier molecular flexibility index (Phi) is 5.33. The summed E-state index contributed by atoms with van der Waals surface area (Å²) in [5, 5.41) is 3.03. The largest absolute Gasteiger partial charge is 0.345 e. The normalized spacial score (nSPS) is 47.0. The zero-order valence-electron chi connectivity index (χ0n) is 19.1. The van der Waals surface area contributed by atoms with Gasteiger partial charge in [0, 0.05) is 12.8 Å². The molecule has 4 saturated carbocycles. The lowest BCUT2D eigenvalue weighted by Gasteiger charge is -2.65. The molecule has 162 valence electrons. The van der Waals surface area contributed by atoms with E-state index >= 15 is 0 Å². The fraction of sp³-hybridized carbons (Fsp3) is 0.778. The Morgan fingerprint density at radius 3 is 2.63 bits per heavy atom. The number of hydrogen-bond donors (Lipinski definition) is 1. The number of carbonyl (C=O) groups is 1. The number of nitrogens with zero attached hydrogens (tertiary/aromatic N) is 1. The van der Waals surface area contributed by atoms with Gasteiger partial charge in [0.2, 0.25) is 0 Å². The lowest BCUT2D eigenvalue weighted by molar-refractivity contribution is -0.154. The summed E-state index contributed by atoms with van der Waals surface area (Å²) in [6, 6.07) is 0. The summed E-state index contributed by atoms with van der Waals surface area (Å²) in [5.41, 5.74) is 1.36. The van der Waals surface area contributed by atoms with Gasteiger partial charge in [-0.3, -0.25) is 9.79 Å². The lowest BCUT2D eigenvalue weighted by atomic mass is 9.40. The molecule has 0 aliphatic heterocycles. The van der Waals surface area contributed by atoms with Gasteiger partial charge in [0.05, 0.1) is 6.54 Å². The minimum Gasteiger partial charge on any atom is -0.345 e. The van der Waals surface area contributed by atoms with E-state index in [2.05, 4.69) is 49.1 Å². The monoisotopic (exact) mass is 406 g/mol. The number of terminal acetylenes is 2. The molecule has 3 nitrogen and oxygen atoms in total. The molecule has 2 bridgehead atoms. The third kappa shape index (κ3) is 3.21. The third-order valence-corrected chi connectivity index (χ3v) is 10.1. The standard InChI is InChI=1S/C27H38N2O/c1-6-15-28-17-20-16-27-14-10-21-25(4,19-29-23(30)7-2)11-8-12-26(21,5)22(27)9-13-24(20,3)18-27/h1-2,17,20-22H,8-16,18-19H2,3-5H3,(H,29,30)/t20?,21?,22?,24-,25-,26+,27-/m0/s1. The zero-order chi connectivity index (χ0) is 21.6. The number of carbonyl (C=O) groups excluding carboxylic acids is 1. The highest BCUT2D eigenvalue weighted by atomic mass is 16.1. The van der Waals surface area contributed by atoms with Gasteiger partial charge in [-0.2, -0.15) is 0 Å². The lowest BCUT2D eigenvalue weighted by Crippen LogP contribution is -2.58. The van der Waals surface area contributed by atoms with E-state index in [0.717, 1.165) is 12.5 Å². The SMILES string of the molecule is C#CCN=CC1C[C@]23CCC4[C@](C)(CNC(=O)C#C)CCC[C@@]4(C)C2CC[C@@]1(C)C3. The maximum absolute atomic E-state index is 11.8. The molecular weight excluding hydrogens is 368 g/mol. The van der Waals surface area contributed by atoms with Crippen LogP contribution in [0.1, 0.15) is 78.6 Å². The first kappa shape index (κ1) is 21.5. The minimum atomic E-state index is -0.269. The minimum absolute atomic E-state index is 0.147. The van der Waals surface area contributed by atoms with E-state index in [4.69, 9.17) is 12.8 Å². The first-order valence-electron chi connectivity index (χ1n) is 11.9. The Morgan fingerprint density at radius 1 is 1.13 bits per heavy atom. The molecular formula is C27H38N2O. The summed E-state index contributed by atoms with van der Waals surface area (Å²) in [7, 11) is 0. The highest BCUT2D eigenvalue weighted by Crippen LogP contribution is 2.74. The first-order valence-corrected chi connectivity index (χ1v) is 11.9. The van der Waals surface area contributed by atoms with Crippen LogP contribution in [0, 0.1) is 64.1 Å². The predicted octanol–water partition coefficient (Wildman–Crippen LogP) is 4.86. The number of hydrogen-bond acceptors (Lipinski definition) is 2. The van der Waals surface area contributed by atoms with Crippen molar-refractivity contribution >= 4 is 12.1 Å². The Balaban J connectivity index is 1.59. The van der Waals surface area contributed by atoms with Crippen molar-refractivity contribution in [1.29, 1.82) is 0 Å². The molecule has 0 radical (unpaired) electrons. The molecule has 4 aliphatic carbocycles. The fourth-order valence-electron chi connectivity index (χ4n) is 8.96. The average molecular weight is 407 g/mol. The van der Waals surface area contributed by atoms with Crippen LogP contribution in [-0.2, 0) is 4.79 Å². The van der Waals surface area contributed by atoms with Gasteiger partial charge in [0.25, 0.3) is 5.91 Å². The molecule has 0 aromatic carbocycles. The zero-order valence-corrected chi connectivity index (χ0v) is 19.1. The molecule has 3 heteroatoms. The van der Waals surface area contributed by atoms with Gasteiger partial charge in [-0.1, -0.05) is 33.1 Å². The van der Waals surface area contributed by atoms with Gasteiger partial charge in [0.15, 0.2) is 0 Å². The van der Waals surface area contributed by atoms with Crippen molar-refractivity contribution in [3.8, 4) is 24.7 Å². The quantitative estimate of drug-likeness (QED) is 0.526. The Hall–Kier alpha value is -1.74. The highest BCUT2D eigenvalue weighted by molar-refractivity contribution is 5.92. The molecule has 4 aliphatic rings. The van der Waals surface area contributed by atoms with Crippen LogP contribution in [0.4, 0.5) is 0 Å². The molecule has 0 saturated heterocycles. The van der Waals surface area contributed by atoms with Crippen LogP contribution in [0.15, 0.2) is 4.99 Å². The first-order chi connectivity index (χ1) is 14.2. The van der Waals surface area contributed by atoms with Crippen molar-refractivity contribution < 1.29 is 4.79 Å². The summed E-state index contributed by atoms with van der Waals surface area (Å²) in [6.07, 6.45) is 24.6. The highest BCUT2D eigenvalue weighted by Gasteiger charge is 2.66. The van der Waals surface area contributed by atoms with Crippen LogP contribution < -0.4 is 5.32 Å². The third-order valence-electron chi connectivity index (χ3n) is 10.1. The summed E-state index contributed by atoms with van der Waals surface area (Å²) in [4.78, 5) is 16.3. The van der Waals surface area contributed by atoms with Gasteiger partial charge >= 0.3 is 0 Å². The summed E-state index contributed by atoms with van der Waals surface area (Å²) in [6.45, 7) is 8.71. The van der Waals surface area contributed by atoms with E-state index in [1.165, 1.54) is 57.8 Å². The van der Waals surface area contributed by atoms with Crippen LogP contribution in [0.3, 0.4) is 0 Å². The van der Waals surface area contributed by atoms with Crippen LogP contribution in [0.5, 0.6) is 0 Å². The summed E-state index contributed by atoms with van der Waals surface area (Å²) >= 11 is 0. The van der Waals surface area contributed by atoms with E-state index in [0.29, 0.717) is 34.6 Å². The second kappa shape index (κ2) is 7.44. The summed E-state index contributed by atoms with van der Waals surface area (Å²) in [5.74, 6) is 6.62. The average Bonchev–Trinajstić information content (AvgIpc) is 2.91. The molecule has 4 fully saturated rings. The molecule has 1 spiro atoms. The molecule has 1 N–H and O–H groups in total. The Morgan fingerprint density at radius 2 is 1.90 bits per heavy atom. The molecule has 4 rings (SSSR count). The van der Waals surface area contributed by atoms with Crippen LogP contribution >= 0.6 is 0 Å². The van der Waals surface area contributed by atoms with E-state index in [9.17, 15) is 4.79 Å². The smallest absolute Gasteiger partial charge is 0.295 e. The number of aliphatic imine (C=N–C) groups is 1. The van der Waals surface area contributed by atoms with Crippen molar-refractivity contribution in [1.82, 2.24) is 5.32 Å². The van der Waals surface area contributed by atoms with E-state index in [1.54, 1.807) is 0 Å². The number of nitrogens with one attached hydrogen (secondary N) is 1. The second-order valence-corrected chi connectivity index (χ2v) is 11.7. The Bertz CT molecular complexity index is 818. The molecule has 0 aromatic rings. The topological polar surface area (TPSA) is 41.5 Å². The van der Waals surface area contributed by atoms with Crippen molar-refractivity contribution in [2.75, 3.05) is 13.1 Å². The molecule has 30 heavy (non-hydrogen) atoms. The van der Waals surface area contributed by atoms with Gasteiger partial charge in [-0.15, -0.1) is 12.8 Å². The Labute approximate surface area is 183 Å². The fourth-order valence-corrected chi connectivity index (χ4v) is 8.96. The number of rotatable bonds is 4. The van der Waals surface area contributed by atoms with Crippen LogP contribution in [0.25, 0.3) is 0 Å². The van der Waals surface area contributed by atoms with Gasteiger partial charge in [-0.25, -0.2) is 0 Å². The molecule has 7 atom stereocenters. The predicted molar refractivity (Wildman–Crippen MR) is 123 cm³/mol. The molecule has 3 unspecified atom stereocenters. The van der Waals surface area contributed by atoms with Crippen LogP contribution in [-0.4, -0.2) is 25.2 Å². The van der Waals surface area contributed by atoms with Gasteiger partial charge in [0.1, 0.15) is 0 Å². The van der Waals surface area contributed by atoms with Gasteiger partial charge < -0.3 is 5.32 Å². The maximum Gasteiger partial charge on any atom is 0.295 e. The molecule has 1 amide bonds. The second-order valence-electron chi connectivity index (χ2n) is 11.7. The van der Waals surface area contributed by atoms with Crippen molar-refractivity contribution in [3.05, 3.63) is 0 Å². The van der Waals surface area contributed by atoms with Crippen LogP contribution in [0.2, 0.25) is 0 Å². The summed E-state index contributed by atoms with van der Waals surface area (Å²) < 4.78 is 0.